The Bertz CT molecular complexity index is 295. The highest BCUT2D eigenvalue weighted by atomic mass is 32.2. The highest BCUT2D eigenvalue weighted by Crippen LogP contribution is 2.32. The van der Waals surface area contributed by atoms with Gasteiger partial charge in [0.05, 0.1) is 5.75 Å². The second kappa shape index (κ2) is 5.98. The molecule has 0 saturated heterocycles. The summed E-state index contributed by atoms with van der Waals surface area (Å²) in [6, 6.07) is 0.465. The first kappa shape index (κ1) is 13.9. The smallest absolute Gasteiger partial charge is 0.215 e. The van der Waals surface area contributed by atoms with Gasteiger partial charge in [0.2, 0.25) is 10.0 Å². The van der Waals surface area contributed by atoms with Crippen molar-refractivity contribution in [3.63, 3.8) is 0 Å². The van der Waals surface area contributed by atoms with Gasteiger partial charge in [-0.05, 0) is 25.7 Å². The van der Waals surface area contributed by atoms with Crippen LogP contribution < -0.4 is 5.32 Å². The lowest BCUT2D eigenvalue weighted by molar-refractivity contribution is 0.440. The molecule has 0 bridgehead atoms. The lowest BCUT2D eigenvalue weighted by atomic mass is 10.2. The van der Waals surface area contributed by atoms with Gasteiger partial charge in [-0.15, -0.1) is 0 Å². The molecule has 16 heavy (non-hydrogen) atoms. The van der Waals surface area contributed by atoms with Crippen molar-refractivity contribution in [1.82, 2.24) is 9.62 Å². The van der Waals surface area contributed by atoms with Gasteiger partial charge in [-0.25, -0.2) is 12.7 Å². The summed E-state index contributed by atoms with van der Waals surface area (Å²) >= 11 is 0. The topological polar surface area (TPSA) is 49.4 Å². The Morgan fingerprint density at radius 3 is 2.31 bits per heavy atom. The van der Waals surface area contributed by atoms with Crippen LogP contribution in [0.3, 0.4) is 0 Å². The molecule has 96 valence electrons. The molecule has 0 amide bonds. The Morgan fingerprint density at radius 2 is 1.88 bits per heavy atom. The summed E-state index contributed by atoms with van der Waals surface area (Å²) in [5.74, 6) is 0.988. The van der Waals surface area contributed by atoms with Crippen LogP contribution in [0.2, 0.25) is 0 Å². The zero-order valence-electron chi connectivity index (χ0n) is 10.6. The van der Waals surface area contributed by atoms with E-state index < -0.39 is 10.0 Å². The number of rotatable bonds is 8. The van der Waals surface area contributed by atoms with Gasteiger partial charge in [-0.2, -0.15) is 0 Å². The number of nitrogens with zero attached hydrogens (tertiary/aromatic N) is 1. The van der Waals surface area contributed by atoms with Crippen molar-refractivity contribution in [1.29, 1.82) is 0 Å². The van der Waals surface area contributed by atoms with Crippen molar-refractivity contribution in [2.75, 3.05) is 25.4 Å². The van der Waals surface area contributed by atoms with Crippen molar-refractivity contribution in [2.45, 2.75) is 39.7 Å². The maximum absolute atomic E-state index is 11.8. The first-order chi connectivity index (χ1) is 7.51. The van der Waals surface area contributed by atoms with Gasteiger partial charge in [-0.3, -0.25) is 0 Å². The molecule has 0 aromatic rings. The summed E-state index contributed by atoms with van der Waals surface area (Å²) in [4.78, 5) is 0. The largest absolute Gasteiger partial charge is 0.313 e. The lowest BCUT2D eigenvalue weighted by Crippen LogP contribution is -2.38. The molecule has 0 heterocycles. The Balaban J connectivity index is 2.29. The van der Waals surface area contributed by atoms with Gasteiger partial charge < -0.3 is 5.32 Å². The third-order valence-electron chi connectivity index (χ3n) is 3.25. The van der Waals surface area contributed by atoms with Gasteiger partial charge >= 0.3 is 0 Å². The number of sulfonamides is 1. The van der Waals surface area contributed by atoms with Gasteiger partial charge in [0.25, 0.3) is 0 Å². The SMILES string of the molecule is CCN(CC)S(=O)(=O)CCNC(C)C1CC1. The van der Waals surface area contributed by atoms with E-state index in [1.54, 1.807) is 0 Å². The lowest BCUT2D eigenvalue weighted by Gasteiger charge is -2.19. The highest BCUT2D eigenvalue weighted by Gasteiger charge is 2.27. The highest BCUT2D eigenvalue weighted by molar-refractivity contribution is 7.89. The Labute approximate surface area is 99.5 Å². The van der Waals surface area contributed by atoms with Crippen LogP contribution in [0.1, 0.15) is 33.6 Å². The maximum Gasteiger partial charge on any atom is 0.215 e. The summed E-state index contributed by atoms with van der Waals surface area (Å²) in [6.45, 7) is 7.59. The molecule has 0 spiro atoms. The molecule has 1 saturated carbocycles. The fourth-order valence-corrected chi connectivity index (χ4v) is 3.35. The fourth-order valence-electron chi connectivity index (χ4n) is 1.92. The van der Waals surface area contributed by atoms with Crippen LogP contribution in [0, 0.1) is 5.92 Å². The molecule has 0 aromatic carbocycles. The van der Waals surface area contributed by atoms with E-state index in [1.807, 2.05) is 13.8 Å². The first-order valence-corrected chi connectivity index (χ1v) is 7.83. The molecule has 0 aliphatic heterocycles. The standard InChI is InChI=1S/C11H24N2O2S/c1-4-13(5-2)16(14,15)9-8-12-10(3)11-6-7-11/h10-12H,4-9H2,1-3H3. The van der Waals surface area contributed by atoms with E-state index in [0.29, 0.717) is 25.7 Å². The molecule has 1 aliphatic rings. The second-order valence-electron chi connectivity index (χ2n) is 4.48. The minimum atomic E-state index is -3.05. The molecule has 1 N–H and O–H groups in total. The van der Waals surface area contributed by atoms with Crippen molar-refractivity contribution in [3.8, 4) is 0 Å². The van der Waals surface area contributed by atoms with Crippen LogP contribution in [0.25, 0.3) is 0 Å². The predicted octanol–water partition coefficient (Wildman–Crippen LogP) is 1.05. The van der Waals surface area contributed by atoms with Gasteiger partial charge in [-0.1, -0.05) is 13.8 Å². The van der Waals surface area contributed by atoms with Crippen molar-refractivity contribution in [2.24, 2.45) is 5.92 Å². The zero-order chi connectivity index (χ0) is 12.2. The van der Waals surface area contributed by atoms with E-state index in [4.69, 9.17) is 0 Å². The van der Waals surface area contributed by atoms with Crippen molar-refractivity contribution >= 4 is 10.0 Å². The fraction of sp³-hybridized carbons (Fsp3) is 1.00. The summed E-state index contributed by atoms with van der Waals surface area (Å²) in [7, 11) is -3.05. The normalized spacial score (nSPS) is 19.0. The molecule has 1 atom stereocenters. The zero-order valence-corrected chi connectivity index (χ0v) is 11.4. The van der Waals surface area contributed by atoms with Crippen LogP contribution in [0.15, 0.2) is 0 Å². The van der Waals surface area contributed by atoms with Gasteiger partial charge in [0.15, 0.2) is 0 Å². The van der Waals surface area contributed by atoms with E-state index in [1.165, 1.54) is 17.1 Å². The van der Waals surface area contributed by atoms with Gasteiger partial charge in [0.1, 0.15) is 0 Å². The average Bonchev–Trinajstić information content (AvgIpc) is 3.01. The Hall–Kier alpha value is -0.130. The van der Waals surface area contributed by atoms with Crippen LogP contribution in [0.5, 0.6) is 0 Å². The monoisotopic (exact) mass is 248 g/mol. The third-order valence-corrected chi connectivity index (χ3v) is 5.28. The summed E-state index contributed by atoms with van der Waals surface area (Å²) in [6.07, 6.45) is 2.58. The second-order valence-corrected chi connectivity index (χ2v) is 6.57. The molecule has 1 rings (SSSR count). The molecular weight excluding hydrogens is 224 g/mol. The molecule has 0 radical (unpaired) electrons. The van der Waals surface area contributed by atoms with E-state index in [9.17, 15) is 8.42 Å². The van der Waals surface area contributed by atoms with E-state index in [-0.39, 0.29) is 5.75 Å². The Morgan fingerprint density at radius 1 is 1.31 bits per heavy atom. The minimum absolute atomic E-state index is 0.214. The molecule has 4 nitrogen and oxygen atoms in total. The van der Waals surface area contributed by atoms with Gasteiger partial charge in [0, 0.05) is 25.7 Å². The van der Waals surface area contributed by atoms with Crippen LogP contribution in [-0.2, 0) is 10.0 Å². The van der Waals surface area contributed by atoms with Crippen molar-refractivity contribution in [3.05, 3.63) is 0 Å². The maximum atomic E-state index is 11.8. The predicted molar refractivity (Wildman–Crippen MR) is 66.9 cm³/mol. The quantitative estimate of drug-likeness (QED) is 0.698. The summed E-state index contributed by atoms with van der Waals surface area (Å²) < 4.78 is 25.2. The molecule has 0 aromatic heterocycles. The minimum Gasteiger partial charge on any atom is -0.313 e. The molecular formula is C11H24N2O2S. The molecule has 5 heteroatoms. The van der Waals surface area contributed by atoms with Crippen LogP contribution >= 0.6 is 0 Å². The van der Waals surface area contributed by atoms with Crippen LogP contribution in [-0.4, -0.2) is 44.2 Å². The summed E-state index contributed by atoms with van der Waals surface area (Å²) in [5, 5.41) is 3.30. The van der Waals surface area contributed by atoms with Crippen LogP contribution in [0.4, 0.5) is 0 Å². The number of nitrogens with one attached hydrogen (secondary N) is 1. The first-order valence-electron chi connectivity index (χ1n) is 6.22. The number of hydrogen-bond donors (Lipinski definition) is 1. The van der Waals surface area contributed by atoms with Crippen molar-refractivity contribution < 1.29 is 8.42 Å². The molecule has 1 aliphatic carbocycles. The summed E-state index contributed by atoms with van der Waals surface area (Å²) in [5.41, 5.74) is 0. The number of hydrogen-bond acceptors (Lipinski definition) is 3. The van der Waals surface area contributed by atoms with E-state index in [0.717, 1.165) is 5.92 Å². The van der Waals surface area contributed by atoms with E-state index >= 15 is 0 Å². The Kier molecular flexibility index (Phi) is 5.21. The molecule has 1 fully saturated rings. The van der Waals surface area contributed by atoms with E-state index in [2.05, 4.69) is 12.2 Å². The average molecular weight is 248 g/mol. The molecule has 1 unspecified atom stereocenters. The third kappa shape index (κ3) is 4.03.